The van der Waals surface area contributed by atoms with Crippen molar-refractivity contribution in [2.75, 3.05) is 7.11 Å². The second-order valence-corrected chi connectivity index (χ2v) is 5.89. The number of aryl methyl sites for hydroxylation is 1. The number of aromatic nitrogens is 1. The number of fused-ring (bicyclic) bond motifs is 1. The van der Waals surface area contributed by atoms with Crippen molar-refractivity contribution in [3.63, 3.8) is 0 Å². The Kier molecular flexibility index (Phi) is 5.26. The number of pyridine rings is 1. The van der Waals surface area contributed by atoms with Gasteiger partial charge in [0, 0.05) is 12.5 Å². The summed E-state index contributed by atoms with van der Waals surface area (Å²) in [7, 11) is 1.57. The lowest BCUT2D eigenvalue weighted by atomic mass is 10.0. The van der Waals surface area contributed by atoms with E-state index in [1.54, 1.807) is 31.4 Å². The average molecular weight is 346 g/mol. The number of rotatable bonds is 5. The van der Waals surface area contributed by atoms with Crippen LogP contribution in [0.2, 0.25) is 0 Å². The van der Waals surface area contributed by atoms with Crippen LogP contribution in [-0.4, -0.2) is 18.1 Å². The van der Waals surface area contributed by atoms with Gasteiger partial charge >= 0.3 is 5.97 Å². The molecule has 26 heavy (non-hydrogen) atoms. The highest BCUT2D eigenvalue weighted by Crippen LogP contribution is 2.24. The summed E-state index contributed by atoms with van der Waals surface area (Å²) >= 11 is 0. The minimum Gasteiger partial charge on any atom is -0.457 e. The summed E-state index contributed by atoms with van der Waals surface area (Å²) in [6.45, 7) is 2.25. The van der Waals surface area contributed by atoms with Crippen LogP contribution in [0.5, 0.6) is 0 Å². The van der Waals surface area contributed by atoms with E-state index in [-0.39, 0.29) is 13.2 Å². The van der Waals surface area contributed by atoms with Crippen molar-refractivity contribution in [2.24, 2.45) is 0 Å². The third-order valence-corrected chi connectivity index (χ3v) is 4.17. The zero-order valence-electron chi connectivity index (χ0n) is 14.7. The van der Waals surface area contributed by atoms with Gasteiger partial charge in [0.25, 0.3) is 0 Å². The Bertz CT molecular complexity index is 989. The van der Waals surface area contributed by atoms with Crippen LogP contribution in [0, 0.1) is 18.3 Å². The zero-order chi connectivity index (χ0) is 18.5. The molecule has 0 fully saturated rings. The predicted molar refractivity (Wildman–Crippen MR) is 97.5 cm³/mol. The highest BCUT2D eigenvalue weighted by Gasteiger charge is 2.20. The summed E-state index contributed by atoms with van der Waals surface area (Å²) in [5.74, 6) is -0.433. The van der Waals surface area contributed by atoms with Crippen molar-refractivity contribution in [3.05, 3.63) is 76.5 Å². The van der Waals surface area contributed by atoms with Crippen LogP contribution >= 0.6 is 0 Å². The van der Waals surface area contributed by atoms with Crippen LogP contribution in [0.3, 0.4) is 0 Å². The van der Waals surface area contributed by atoms with E-state index in [0.717, 1.165) is 22.0 Å². The quantitative estimate of drug-likeness (QED) is 0.655. The molecule has 0 bridgehead atoms. The molecule has 0 aliphatic rings. The van der Waals surface area contributed by atoms with Crippen LogP contribution in [0.4, 0.5) is 0 Å². The lowest BCUT2D eigenvalue weighted by Crippen LogP contribution is -2.13. The number of nitrogens with zero attached hydrogens (tertiary/aromatic N) is 2. The first-order chi connectivity index (χ1) is 12.6. The monoisotopic (exact) mass is 346 g/mol. The Morgan fingerprint density at radius 3 is 2.54 bits per heavy atom. The molecule has 0 aliphatic heterocycles. The normalized spacial score (nSPS) is 10.5. The molecule has 2 aromatic carbocycles. The molecule has 5 nitrogen and oxygen atoms in total. The number of carbonyl (C=O) groups excluding carboxylic acids is 1. The van der Waals surface area contributed by atoms with Crippen LogP contribution in [0.25, 0.3) is 10.9 Å². The first kappa shape index (κ1) is 17.6. The van der Waals surface area contributed by atoms with Gasteiger partial charge in [0.05, 0.1) is 35.0 Å². The number of hydrogen-bond donors (Lipinski definition) is 0. The van der Waals surface area contributed by atoms with Crippen LogP contribution < -0.4 is 0 Å². The van der Waals surface area contributed by atoms with Crippen LogP contribution in [0.15, 0.2) is 48.5 Å². The van der Waals surface area contributed by atoms with Crippen molar-refractivity contribution < 1.29 is 14.3 Å². The summed E-state index contributed by atoms with van der Waals surface area (Å²) in [4.78, 5) is 17.3. The molecule has 0 aliphatic carbocycles. The summed E-state index contributed by atoms with van der Waals surface area (Å²) in [5.41, 5.74) is 4.04. The maximum Gasteiger partial charge on any atom is 0.340 e. The first-order valence-electron chi connectivity index (χ1n) is 8.17. The molecular weight excluding hydrogens is 328 g/mol. The smallest absolute Gasteiger partial charge is 0.340 e. The Hall–Kier alpha value is -3.23. The van der Waals surface area contributed by atoms with Gasteiger partial charge in [-0.2, -0.15) is 5.26 Å². The van der Waals surface area contributed by atoms with E-state index in [4.69, 9.17) is 14.7 Å². The average Bonchev–Trinajstić information content (AvgIpc) is 2.67. The van der Waals surface area contributed by atoms with Gasteiger partial charge < -0.3 is 9.47 Å². The molecular formula is C21H18N2O3. The lowest BCUT2D eigenvalue weighted by Gasteiger charge is -2.14. The minimum absolute atomic E-state index is 0.128. The molecule has 1 aromatic heterocycles. The van der Waals surface area contributed by atoms with Gasteiger partial charge in [-0.3, -0.25) is 0 Å². The van der Waals surface area contributed by atoms with E-state index in [1.165, 1.54) is 0 Å². The molecule has 3 rings (SSSR count). The molecule has 1 heterocycles. The van der Waals surface area contributed by atoms with E-state index in [0.29, 0.717) is 16.8 Å². The van der Waals surface area contributed by atoms with E-state index >= 15 is 0 Å². The molecule has 130 valence electrons. The Balaban J connectivity index is 1.89. The van der Waals surface area contributed by atoms with Gasteiger partial charge in [-0.25, -0.2) is 9.78 Å². The number of para-hydroxylation sites is 1. The van der Waals surface area contributed by atoms with E-state index in [2.05, 4.69) is 11.1 Å². The molecule has 0 saturated carbocycles. The molecule has 3 aromatic rings. The second kappa shape index (κ2) is 7.77. The predicted octanol–water partition coefficient (Wildman–Crippen LogP) is 3.92. The second-order valence-electron chi connectivity index (χ2n) is 5.89. The van der Waals surface area contributed by atoms with Crippen LogP contribution in [0.1, 0.15) is 32.7 Å². The molecule has 0 amide bonds. The summed E-state index contributed by atoms with van der Waals surface area (Å²) in [6.07, 6.45) is 0. The fraction of sp³-hybridized carbons (Fsp3) is 0.190. The molecule has 0 saturated heterocycles. The number of benzene rings is 2. The number of hydrogen-bond acceptors (Lipinski definition) is 5. The highest BCUT2D eigenvalue weighted by molar-refractivity contribution is 5.98. The van der Waals surface area contributed by atoms with Gasteiger partial charge in [0.2, 0.25) is 0 Å². The highest BCUT2D eigenvalue weighted by atomic mass is 16.5. The molecule has 0 spiro atoms. The van der Waals surface area contributed by atoms with Gasteiger partial charge in [0.15, 0.2) is 0 Å². The Labute approximate surface area is 151 Å². The zero-order valence-corrected chi connectivity index (χ0v) is 14.7. The Morgan fingerprint density at radius 1 is 1.12 bits per heavy atom. The van der Waals surface area contributed by atoms with Crippen molar-refractivity contribution in [2.45, 2.75) is 20.1 Å². The van der Waals surface area contributed by atoms with E-state index in [9.17, 15) is 4.79 Å². The molecule has 0 atom stereocenters. The maximum absolute atomic E-state index is 12.7. The molecule has 0 unspecified atom stereocenters. The summed E-state index contributed by atoms with van der Waals surface area (Å²) in [6, 6.07) is 16.7. The van der Waals surface area contributed by atoms with Crippen molar-refractivity contribution in [3.8, 4) is 6.07 Å². The number of methoxy groups -OCH3 is 1. The van der Waals surface area contributed by atoms with Gasteiger partial charge in [-0.05, 0) is 36.2 Å². The maximum atomic E-state index is 12.7. The van der Waals surface area contributed by atoms with Crippen molar-refractivity contribution in [1.82, 2.24) is 4.98 Å². The largest absolute Gasteiger partial charge is 0.457 e. The third kappa shape index (κ3) is 3.56. The van der Waals surface area contributed by atoms with Crippen molar-refractivity contribution >= 4 is 16.9 Å². The molecule has 0 N–H and O–H groups in total. The minimum atomic E-state index is -0.433. The standard InChI is InChI=1S/C21H18N2O3/c1-14-17-5-3-4-6-18(17)23-19(13-25-2)20(14)21(24)26-12-16-9-7-15(11-22)8-10-16/h3-10H,12-13H2,1-2H3. The summed E-state index contributed by atoms with van der Waals surface area (Å²) in [5, 5.41) is 9.75. The third-order valence-electron chi connectivity index (χ3n) is 4.17. The number of esters is 1. The fourth-order valence-corrected chi connectivity index (χ4v) is 2.85. The molecule has 5 heteroatoms. The summed E-state index contributed by atoms with van der Waals surface area (Å²) < 4.78 is 10.7. The number of nitriles is 1. The SMILES string of the molecule is COCc1nc2ccccc2c(C)c1C(=O)OCc1ccc(C#N)cc1. The van der Waals surface area contributed by atoms with Gasteiger partial charge in [-0.15, -0.1) is 0 Å². The van der Waals surface area contributed by atoms with Gasteiger partial charge in [-0.1, -0.05) is 30.3 Å². The lowest BCUT2D eigenvalue weighted by molar-refractivity contribution is 0.0466. The van der Waals surface area contributed by atoms with E-state index in [1.807, 2.05) is 31.2 Å². The van der Waals surface area contributed by atoms with Crippen LogP contribution in [-0.2, 0) is 22.7 Å². The van der Waals surface area contributed by atoms with Gasteiger partial charge in [0.1, 0.15) is 6.61 Å². The Morgan fingerprint density at radius 2 is 1.85 bits per heavy atom. The number of ether oxygens (including phenoxy) is 2. The number of carbonyl (C=O) groups is 1. The first-order valence-corrected chi connectivity index (χ1v) is 8.17. The van der Waals surface area contributed by atoms with Crippen molar-refractivity contribution in [1.29, 1.82) is 5.26 Å². The fourth-order valence-electron chi connectivity index (χ4n) is 2.85. The van der Waals surface area contributed by atoms with E-state index < -0.39 is 5.97 Å². The molecule has 0 radical (unpaired) electrons. The topological polar surface area (TPSA) is 72.2 Å².